The van der Waals surface area contributed by atoms with Gasteiger partial charge in [0.15, 0.2) is 5.82 Å². The lowest BCUT2D eigenvalue weighted by Crippen LogP contribution is -2.28. The van der Waals surface area contributed by atoms with Gasteiger partial charge in [-0.05, 0) is 25.8 Å². The van der Waals surface area contributed by atoms with Crippen LogP contribution in [0.1, 0.15) is 36.3 Å². The first kappa shape index (κ1) is 16.0. The summed E-state index contributed by atoms with van der Waals surface area (Å²) in [6.07, 6.45) is 1.02. The van der Waals surface area contributed by atoms with Gasteiger partial charge in [-0.3, -0.25) is 9.47 Å². The molecule has 1 aliphatic heterocycles. The molecule has 0 bridgehead atoms. The summed E-state index contributed by atoms with van der Waals surface area (Å²) in [5.74, 6) is 0.809. The van der Waals surface area contributed by atoms with Crippen LogP contribution in [0.3, 0.4) is 0 Å². The van der Waals surface area contributed by atoms with Crippen molar-refractivity contribution in [2.24, 2.45) is 0 Å². The summed E-state index contributed by atoms with van der Waals surface area (Å²) in [5.41, 5.74) is 2.38. The van der Waals surface area contributed by atoms with Crippen LogP contribution < -0.4 is 5.69 Å². The van der Waals surface area contributed by atoms with Crippen LogP contribution in [0.2, 0.25) is 0 Å². The Labute approximate surface area is 136 Å². The van der Waals surface area contributed by atoms with Gasteiger partial charge in [0.2, 0.25) is 0 Å². The average Bonchev–Trinajstić information content (AvgIpc) is 3.12. The van der Waals surface area contributed by atoms with Crippen molar-refractivity contribution in [1.29, 1.82) is 0 Å². The molecule has 1 aromatic heterocycles. The van der Waals surface area contributed by atoms with E-state index < -0.39 is 0 Å². The molecule has 2 atom stereocenters. The fourth-order valence-electron chi connectivity index (χ4n) is 3.29. The molecule has 2 aromatic rings. The monoisotopic (exact) mass is 316 g/mol. The lowest BCUT2D eigenvalue weighted by Gasteiger charge is -2.23. The predicted octanol–water partition coefficient (Wildman–Crippen LogP) is 1.86. The van der Waals surface area contributed by atoms with E-state index in [2.05, 4.69) is 46.3 Å². The largest absolute Gasteiger partial charge is 0.380 e. The van der Waals surface area contributed by atoms with Crippen LogP contribution in [0.25, 0.3) is 0 Å². The Balaban J connectivity index is 1.86. The standard InChI is InChI=1S/C17H24N4O2/c1-4-21-16(18-19-17(21)22)15-9-14(23-3)11-20(15)10-13-7-5-12(2)6-8-13/h5-8,14-15H,4,9-11H2,1-3H3,(H,19,22)/t14-,15-/m0/s1. The van der Waals surface area contributed by atoms with E-state index >= 15 is 0 Å². The smallest absolute Gasteiger partial charge is 0.343 e. The number of rotatable bonds is 5. The van der Waals surface area contributed by atoms with Crippen molar-refractivity contribution >= 4 is 0 Å². The van der Waals surface area contributed by atoms with Crippen LogP contribution >= 0.6 is 0 Å². The highest BCUT2D eigenvalue weighted by Gasteiger charge is 2.36. The second-order valence-electron chi connectivity index (χ2n) is 6.16. The van der Waals surface area contributed by atoms with Crippen LogP contribution in [-0.2, 0) is 17.8 Å². The van der Waals surface area contributed by atoms with Gasteiger partial charge in [0.1, 0.15) is 0 Å². The van der Waals surface area contributed by atoms with E-state index in [1.165, 1.54) is 11.1 Å². The van der Waals surface area contributed by atoms with Crippen molar-refractivity contribution in [2.75, 3.05) is 13.7 Å². The molecule has 1 fully saturated rings. The van der Waals surface area contributed by atoms with Gasteiger partial charge in [-0.15, -0.1) is 0 Å². The Morgan fingerprint density at radius 3 is 2.74 bits per heavy atom. The SMILES string of the molecule is CCn1c([C@@H]2C[C@H](OC)CN2Cc2ccc(C)cc2)n[nH]c1=O. The normalized spacial score (nSPS) is 21.9. The van der Waals surface area contributed by atoms with E-state index in [-0.39, 0.29) is 17.8 Å². The molecule has 0 saturated carbocycles. The lowest BCUT2D eigenvalue weighted by atomic mass is 10.1. The molecule has 2 heterocycles. The van der Waals surface area contributed by atoms with Gasteiger partial charge in [0.25, 0.3) is 0 Å². The number of nitrogens with one attached hydrogen (secondary N) is 1. The summed E-state index contributed by atoms with van der Waals surface area (Å²) < 4.78 is 7.28. The number of benzene rings is 1. The summed E-state index contributed by atoms with van der Waals surface area (Å²) in [4.78, 5) is 14.2. The highest BCUT2D eigenvalue weighted by atomic mass is 16.5. The first-order valence-corrected chi connectivity index (χ1v) is 8.09. The van der Waals surface area contributed by atoms with Gasteiger partial charge < -0.3 is 4.74 Å². The van der Waals surface area contributed by atoms with E-state index in [0.717, 1.165) is 25.3 Å². The molecule has 3 rings (SSSR count). The number of nitrogens with zero attached hydrogens (tertiary/aromatic N) is 3. The number of H-pyrrole nitrogens is 1. The number of ether oxygens (including phenoxy) is 1. The molecule has 0 spiro atoms. The molecule has 6 nitrogen and oxygen atoms in total. The molecule has 0 amide bonds. The fraction of sp³-hybridized carbons (Fsp3) is 0.529. The maximum absolute atomic E-state index is 11.9. The van der Waals surface area contributed by atoms with Crippen LogP contribution in [-0.4, -0.2) is 39.4 Å². The zero-order valence-electron chi connectivity index (χ0n) is 14.0. The van der Waals surface area contributed by atoms with E-state index in [1.807, 2.05) is 6.92 Å². The number of likely N-dealkylation sites (tertiary alicyclic amines) is 1. The van der Waals surface area contributed by atoms with Gasteiger partial charge in [0.05, 0.1) is 12.1 Å². The van der Waals surface area contributed by atoms with Gasteiger partial charge in [-0.25, -0.2) is 9.89 Å². The third-order valence-electron chi connectivity index (χ3n) is 4.61. The quantitative estimate of drug-likeness (QED) is 0.914. The third kappa shape index (κ3) is 3.23. The molecule has 1 aliphatic rings. The van der Waals surface area contributed by atoms with Crippen molar-refractivity contribution in [3.8, 4) is 0 Å². The molecule has 6 heteroatoms. The maximum atomic E-state index is 11.9. The van der Waals surface area contributed by atoms with Crippen molar-refractivity contribution in [3.63, 3.8) is 0 Å². The highest BCUT2D eigenvalue weighted by molar-refractivity contribution is 5.21. The van der Waals surface area contributed by atoms with Crippen molar-refractivity contribution in [3.05, 3.63) is 51.7 Å². The minimum absolute atomic E-state index is 0.0974. The minimum Gasteiger partial charge on any atom is -0.380 e. The number of aromatic amines is 1. The Hall–Kier alpha value is -1.92. The van der Waals surface area contributed by atoms with E-state index in [4.69, 9.17) is 4.74 Å². The second-order valence-corrected chi connectivity index (χ2v) is 6.16. The molecule has 1 N–H and O–H groups in total. The molecule has 1 saturated heterocycles. The summed E-state index contributed by atoms with van der Waals surface area (Å²) in [7, 11) is 1.74. The summed E-state index contributed by atoms with van der Waals surface area (Å²) in [6, 6.07) is 8.67. The molecular weight excluding hydrogens is 292 g/mol. The number of aromatic nitrogens is 3. The summed E-state index contributed by atoms with van der Waals surface area (Å²) >= 11 is 0. The molecule has 23 heavy (non-hydrogen) atoms. The van der Waals surface area contributed by atoms with E-state index in [9.17, 15) is 4.79 Å². The molecule has 124 valence electrons. The highest BCUT2D eigenvalue weighted by Crippen LogP contribution is 2.33. The number of methoxy groups -OCH3 is 1. The lowest BCUT2D eigenvalue weighted by molar-refractivity contribution is 0.107. The van der Waals surface area contributed by atoms with Gasteiger partial charge >= 0.3 is 5.69 Å². The maximum Gasteiger partial charge on any atom is 0.343 e. The summed E-state index contributed by atoms with van der Waals surface area (Å²) in [5, 5.41) is 6.85. The van der Waals surface area contributed by atoms with Crippen molar-refractivity contribution in [2.45, 2.75) is 45.5 Å². The topological polar surface area (TPSA) is 63.1 Å². The third-order valence-corrected chi connectivity index (χ3v) is 4.61. The zero-order chi connectivity index (χ0) is 16.4. The first-order valence-electron chi connectivity index (χ1n) is 8.09. The van der Waals surface area contributed by atoms with Crippen LogP contribution in [0.15, 0.2) is 29.1 Å². The Bertz CT molecular complexity index is 704. The van der Waals surface area contributed by atoms with Crippen LogP contribution in [0.4, 0.5) is 0 Å². The van der Waals surface area contributed by atoms with E-state index in [1.54, 1.807) is 11.7 Å². The average molecular weight is 316 g/mol. The van der Waals surface area contributed by atoms with E-state index in [0.29, 0.717) is 6.54 Å². The van der Waals surface area contributed by atoms with Crippen LogP contribution in [0, 0.1) is 6.92 Å². The van der Waals surface area contributed by atoms with Gasteiger partial charge in [-0.2, -0.15) is 5.10 Å². The Kier molecular flexibility index (Phi) is 4.63. The number of hydrogen-bond acceptors (Lipinski definition) is 4. The molecule has 0 aliphatic carbocycles. The molecule has 0 unspecified atom stereocenters. The first-order chi connectivity index (χ1) is 11.1. The number of aryl methyl sites for hydroxylation is 1. The molecular formula is C17H24N4O2. The summed E-state index contributed by atoms with van der Waals surface area (Å²) in [6.45, 7) is 6.35. The van der Waals surface area contributed by atoms with Crippen molar-refractivity contribution in [1.82, 2.24) is 19.7 Å². The molecule has 0 radical (unpaired) electrons. The molecule has 1 aromatic carbocycles. The van der Waals surface area contributed by atoms with Crippen LogP contribution in [0.5, 0.6) is 0 Å². The fourth-order valence-corrected chi connectivity index (χ4v) is 3.29. The zero-order valence-corrected chi connectivity index (χ0v) is 14.0. The number of hydrogen-bond donors (Lipinski definition) is 1. The van der Waals surface area contributed by atoms with Crippen molar-refractivity contribution < 1.29 is 4.74 Å². The minimum atomic E-state index is -0.140. The Morgan fingerprint density at radius 1 is 1.35 bits per heavy atom. The van der Waals surface area contributed by atoms with Gasteiger partial charge in [0, 0.05) is 26.7 Å². The Morgan fingerprint density at radius 2 is 2.09 bits per heavy atom. The second kappa shape index (κ2) is 6.68. The predicted molar refractivity (Wildman–Crippen MR) is 88.3 cm³/mol. The van der Waals surface area contributed by atoms with Gasteiger partial charge in [-0.1, -0.05) is 29.8 Å².